The number of nitrogens with zero attached hydrogens (tertiary/aromatic N) is 2. The molecular weight excluding hydrogens is 581 g/mol. The van der Waals surface area contributed by atoms with Gasteiger partial charge < -0.3 is 15.0 Å². The predicted octanol–water partition coefficient (Wildman–Crippen LogP) is 7.29. The standard InChI is InChI=1S/C37H32N3O4P/c1-45(2,44)33-10-6-9-30(20-33)31-19-32-23-39-40(24-26-13-15-28(16-14-26)27-7-4-3-5-8-27)35(32)34(21-31)36(41)38-22-25-11-17-29(18-12-25)37(42)43/h3-21,23H,22,24H2,1-2H3,(H,38,41)(H,42,43). The van der Waals surface area contributed by atoms with Gasteiger partial charge in [0.2, 0.25) is 0 Å². The number of fused-ring (bicyclic) bond motifs is 1. The molecular formula is C37H32N3O4P. The van der Waals surface area contributed by atoms with Crippen LogP contribution in [0.4, 0.5) is 0 Å². The Hall–Kier alpha value is -5.26. The molecule has 6 rings (SSSR count). The molecule has 1 amide bonds. The van der Waals surface area contributed by atoms with Crippen LogP contribution < -0.4 is 10.6 Å². The van der Waals surface area contributed by atoms with Gasteiger partial charge in [0.1, 0.15) is 7.14 Å². The third-order valence-electron chi connectivity index (χ3n) is 7.83. The molecule has 0 aliphatic heterocycles. The lowest BCUT2D eigenvalue weighted by Gasteiger charge is -2.14. The predicted molar refractivity (Wildman–Crippen MR) is 180 cm³/mol. The number of carboxylic acids is 1. The molecule has 6 aromatic rings. The van der Waals surface area contributed by atoms with E-state index in [0.717, 1.165) is 44.1 Å². The molecule has 1 aromatic heterocycles. The monoisotopic (exact) mass is 613 g/mol. The van der Waals surface area contributed by atoms with E-state index < -0.39 is 13.1 Å². The normalized spacial score (nSPS) is 11.4. The Morgan fingerprint density at radius 3 is 2.11 bits per heavy atom. The van der Waals surface area contributed by atoms with Gasteiger partial charge >= 0.3 is 5.97 Å². The minimum atomic E-state index is -2.49. The molecule has 0 saturated carbocycles. The van der Waals surface area contributed by atoms with Gasteiger partial charge in [-0.05, 0) is 77.0 Å². The van der Waals surface area contributed by atoms with E-state index in [2.05, 4.69) is 46.8 Å². The lowest BCUT2D eigenvalue weighted by Crippen LogP contribution is -2.24. The number of carbonyl (C=O) groups is 2. The zero-order chi connectivity index (χ0) is 31.6. The Morgan fingerprint density at radius 2 is 1.42 bits per heavy atom. The Labute approximate surface area is 261 Å². The first kappa shape index (κ1) is 29.8. The smallest absolute Gasteiger partial charge is 0.335 e. The number of aromatic nitrogens is 2. The topological polar surface area (TPSA) is 101 Å². The van der Waals surface area contributed by atoms with Gasteiger partial charge in [0, 0.05) is 17.2 Å². The highest BCUT2D eigenvalue weighted by molar-refractivity contribution is 7.70. The first-order valence-corrected chi connectivity index (χ1v) is 17.2. The number of carboxylic acid groups (broad SMARTS) is 1. The second-order valence-corrected chi connectivity index (χ2v) is 14.6. The van der Waals surface area contributed by atoms with Crippen molar-refractivity contribution in [3.8, 4) is 22.3 Å². The third kappa shape index (κ3) is 6.64. The summed E-state index contributed by atoms with van der Waals surface area (Å²) in [7, 11) is -2.49. The van der Waals surface area contributed by atoms with Gasteiger partial charge in [-0.2, -0.15) is 5.10 Å². The van der Waals surface area contributed by atoms with E-state index in [1.807, 2.05) is 59.3 Å². The quantitative estimate of drug-likeness (QED) is 0.167. The van der Waals surface area contributed by atoms with Crippen molar-refractivity contribution in [2.24, 2.45) is 0 Å². The number of aromatic carboxylic acids is 1. The van der Waals surface area contributed by atoms with Gasteiger partial charge in [0.15, 0.2) is 0 Å². The second-order valence-electron chi connectivity index (χ2n) is 11.4. The highest BCUT2D eigenvalue weighted by Crippen LogP contribution is 2.36. The molecule has 0 aliphatic rings. The van der Waals surface area contributed by atoms with Gasteiger partial charge in [0.05, 0.1) is 29.4 Å². The molecule has 8 heteroatoms. The van der Waals surface area contributed by atoms with E-state index in [0.29, 0.717) is 17.6 Å². The third-order valence-corrected chi connectivity index (χ3v) is 9.35. The maximum atomic E-state index is 13.8. The van der Waals surface area contributed by atoms with Crippen LogP contribution in [-0.2, 0) is 17.7 Å². The van der Waals surface area contributed by atoms with Crippen LogP contribution in [0.1, 0.15) is 31.8 Å². The Morgan fingerprint density at radius 1 is 0.756 bits per heavy atom. The van der Waals surface area contributed by atoms with Gasteiger partial charge in [-0.1, -0.05) is 84.9 Å². The number of hydrogen-bond acceptors (Lipinski definition) is 4. The van der Waals surface area contributed by atoms with Gasteiger partial charge in [-0.15, -0.1) is 0 Å². The minimum absolute atomic E-state index is 0.186. The van der Waals surface area contributed by atoms with Crippen LogP contribution >= 0.6 is 7.14 Å². The van der Waals surface area contributed by atoms with Crippen molar-refractivity contribution >= 4 is 35.2 Å². The van der Waals surface area contributed by atoms with Crippen molar-refractivity contribution in [3.05, 3.63) is 144 Å². The van der Waals surface area contributed by atoms with E-state index in [1.165, 1.54) is 12.1 Å². The number of amides is 1. The fourth-order valence-corrected chi connectivity index (χ4v) is 6.26. The van der Waals surface area contributed by atoms with Crippen molar-refractivity contribution in [2.45, 2.75) is 13.1 Å². The SMILES string of the molecule is CP(C)(=O)c1cccc(-c2cc(C(=O)NCc3ccc(C(=O)O)cc3)c3c(cnn3Cc3ccc(-c4ccccc4)cc3)c2)c1. The van der Waals surface area contributed by atoms with Crippen LogP contribution in [0, 0.1) is 0 Å². The van der Waals surface area contributed by atoms with Crippen LogP contribution in [0.3, 0.4) is 0 Å². The maximum absolute atomic E-state index is 13.8. The highest BCUT2D eigenvalue weighted by Gasteiger charge is 2.19. The summed E-state index contributed by atoms with van der Waals surface area (Å²) in [6.45, 7) is 4.18. The first-order valence-electron chi connectivity index (χ1n) is 14.6. The van der Waals surface area contributed by atoms with Crippen molar-refractivity contribution < 1.29 is 19.3 Å². The summed E-state index contributed by atoms with van der Waals surface area (Å²) in [6.07, 6.45) is 1.77. The molecule has 0 spiro atoms. The zero-order valence-corrected chi connectivity index (χ0v) is 25.9. The fraction of sp³-hybridized carbons (Fsp3) is 0.108. The molecule has 0 aliphatic carbocycles. The molecule has 224 valence electrons. The van der Waals surface area contributed by atoms with Gasteiger partial charge in [-0.3, -0.25) is 9.48 Å². The lowest BCUT2D eigenvalue weighted by molar-refractivity contribution is 0.0696. The lowest BCUT2D eigenvalue weighted by atomic mass is 9.99. The average Bonchev–Trinajstić information content (AvgIpc) is 3.46. The van der Waals surface area contributed by atoms with Crippen LogP contribution in [0.2, 0.25) is 0 Å². The Bertz CT molecular complexity index is 2060. The van der Waals surface area contributed by atoms with Crippen LogP contribution in [0.15, 0.2) is 121 Å². The van der Waals surface area contributed by atoms with E-state index in [1.54, 1.807) is 31.7 Å². The summed E-state index contributed by atoms with van der Waals surface area (Å²) in [5.74, 6) is -1.28. The maximum Gasteiger partial charge on any atom is 0.335 e. The van der Waals surface area contributed by atoms with Crippen molar-refractivity contribution in [2.75, 3.05) is 13.3 Å². The summed E-state index contributed by atoms with van der Waals surface area (Å²) in [5, 5.41) is 18.5. The van der Waals surface area contributed by atoms with Gasteiger partial charge in [0.25, 0.3) is 5.91 Å². The molecule has 7 nitrogen and oxygen atoms in total. The summed E-state index contributed by atoms with van der Waals surface area (Å²) >= 11 is 0. The number of nitrogens with one attached hydrogen (secondary N) is 1. The molecule has 0 bridgehead atoms. The number of hydrogen-bond donors (Lipinski definition) is 2. The van der Waals surface area contributed by atoms with E-state index in [-0.39, 0.29) is 18.0 Å². The summed E-state index contributed by atoms with van der Waals surface area (Å²) in [4.78, 5) is 25.1. The van der Waals surface area contributed by atoms with Crippen LogP contribution in [0.25, 0.3) is 33.2 Å². The summed E-state index contributed by atoms with van der Waals surface area (Å²) < 4.78 is 14.7. The zero-order valence-electron chi connectivity index (χ0n) is 25.0. The Kier molecular flexibility index (Phi) is 8.20. The minimum Gasteiger partial charge on any atom is -0.478 e. The van der Waals surface area contributed by atoms with Crippen molar-refractivity contribution in [1.29, 1.82) is 0 Å². The van der Waals surface area contributed by atoms with E-state index in [4.69, 9.17) is 0 Å². The number of carbonyl (C=O) groups excluding carboxylic acids is 1. The van der Waals surface area contributed by atoms with Crippen molar-refractivity contribution in [1.82, 2.24) is 15.1 Å². The molecule has 0 saturated heterocycles. The molecule has 0 atom stereocenters. The number of rotatable bonds is 9. The molecule has 45 heavy (non-hydrogen) atoms. The summed E-state index contributed by atoms with van der Waals surface area (Å²) in [6, 6.07) is 36.4. The molecule has 0 radical (unpaired) electrons. The first-order chi connectivity index (χ1) is 21.7. The largest absolute Gasteiger partial charge is 0.478 e. The highest BCUT2D eigenvalue weighted by atomic mass is 31.2. The van der Waals surface area contributed by atoms with Gasteiger partial charge in [-0.25, -0.2) is 4.79 Å². The van der Waals surface area contributed by atoms with Crippen molar-refractivity contribution in [3.63, 3.8) is 0 Å². The summed E-state index contributed by atoms with van der Waals surface area (Å²) in [5.41, 5.74) is 7.13. The molecule has 1 heterocycles. The van der Waals surface area contributed by atoms with Crippen LogP contribution in [-0.4, -0.2) is 40.1 Å². The molecule has 2 N–H and O–H groups in total. The molecule has 5 aromatic carbocycles. The second kappa shape index (κ2) is 12.4. The van der Waals surface area contributed by atoms with E-state index in [9.17, 15) is 19.3 Å². The van der Waals surface area contributed by atoms with E-state index >= 15 is 0 Å². The molecule has 0 unspecified atom stereocenters. The average molecular weight is 614 g/mol. The van der Waals surface area contributed by atoms with Crippen LogP contribution in [0.5, 0.6) is 0 Å². The fourth-order valence-electron chi connectivity index (χ4n) is 5.36. The Balaban J connectivity index is 1.36. The molecule has 0 fully saturated rings. The number of benzene rings is 5.